The van der Waals surface area contributed by atoms with Crippen molar-refractivity contribution >= 4 is 11.6 Å². The average molecular weight is 273 g/mol. The van der Waals surface area contributed by atoms with Gasteiger partial charge in [0, 0.05) is 29.0 Å². The van der Waals surface area contributed by atoms with Gasteiger partial charge < -0.3 is 0 Å². The lowest BCUT2D eigenvalue weighted by atomic mass is 10.0. The van der Waals surface area contributed by atoms with E-state index in [1.54, 1.807) is 0 Å². The van der Waals surface area contributed by atoms with Crippen molar-refractivity contribution in [2.24, 2.45) is 0 Å². The van der Waals surface area contributed by atoms with Crippen LogP contribution in [-0.2, 0) is 0 Å². The lowest BCUT2D eigenvalue weighted by molar-refractivity contribution is 0.317. The maximum absolute atomic E-state index is 5.93. The molecule has 0 saturated carbocycles. The van der Waals surface area contributed by atoms with E-state index in [-0.39, 0.29) is 0 Å². The number of aromatic nitrogens is 1. The molecule has 98 valence electrons. The van der Waals surface area contributed by atoms with Crippen LogP contribution in [0.3, 0.4) is 0 Å². The first-order valence-corrected chi connectivity index (χ1v) is 7.03. The van der Waals surface area contributed by atoms with Crippen molar-refractivity contribution in [2.45, 2.75) is 18.9 Å². The molecular weight excluding hydrogens is 256 g/mol. The number of pyridine rings is 1. The van der Waals surface area contributed by atoms with Gasteiger partial charge in [-0.1, -0.05) is 23.7 Å². The van der Waals surface area contributed by atoms with Crippen LogP contribution < -0.4 is 0 Å². The molecule has 0 radical (unpaired) electrons. The number of rotatable bonds is 2. The van der Waals surface area contributed by atoms with Crippen molar-refractivity contribution in [3.05, 3.63) is 53.3 Å². The Morgan fingerprint density at radius 3 is 2.63 bits per heavy atom. The van der Waals surface area contributed by atoms with Crippen molar-refractivity contribution in [2.75, 3.05) is 13.6 Å². The van der Waals surface area contributed by atoms with Gasteiger partial charge in [-0.15, -0.1) is 0 Å². The molecule has 0 spiro atoms. The van der Waals surface area contributed by atoms with E-state index in [4.69, 9.17) is 11.6 Å². The Morgan fingerprint density at radius 1 is 1.16 bits per heavy atom. The van der Waals surface area contributed by atoms with Crippen LogP contribution in [0.2, 0.25) is 5.02 Å². The Kier molecular flexibility index (Phi) is 3.54. The largest absolute Gasteiger partial charge is 0.299 e. The fourth-order valence-corrected chi connectivity index (χ4v) is 2.90. The third-order valence-corrected chi connectivity index (χ3v) is 4.09. The number of hydrogen-bond acceptors (Lipinski definition) is 2. The predicted molar refractivity (Wildman–Crippen MR) is 79.3 cm³/mol. The van der Waals surface area contributed by atoms with E-state index in [0.29, 0.717) is 6.04 Å². The van der Waals surface area contributed by atoms with E-state index < -0.39 is 0 Å². The quantitative estimate of drug-likeness (QED) is 0.816. The first-order valence-electron chi connectivity index (χ1n) is 6.65. The molecule has 0 aliphatic carbocycles. The topological polar surface area (TPSA) is 16.1 Å². The third kappa shape index (κ3) is 2.65. The van der Waals surface area contributed by atoms with Gasteiger partial charge in [-0.3, -0.25) is 9.88 Å². The van der Waals surface area contributed by atoms with Gasteiger partial charge in [-0.05, 0) is 55.8 Å². The first-order chi connectivity index (χ1) is 9.24. The summed E-state index contributed by atoms with van der Waals surface area (Å²) in [5.41, 5.74) is 3.64. The summed E-state index contributed by atoms with van der Waals surface area (Å²) in [6.07, 6.45) is 6.40. The molecule has 1 aromatic heterocycles. The Bertz CT molecular complexity index is 565. The molecule has 1 aliphatic heterocycles. The second kappa shape index (κ2) is 5.32. The van der Waals surface area contributed by atoms with Gasteiger partial charge in [-0.2, -0.15) is 0 Å². The number of likely N-dealkylation sites (tertiary alicyclic amines) is 1. The summed E-state index contributed by atoms with van der Waals surface area (Å²) in [4.78, 5) is 6.81. The van der Waals surface area contributed by atoms with Gasteiger partial charge in [0.1, 0.15) is 0 Å². The number of hydrogen-bond donors (Lipinski definition) is 0. The number of nitrogens with zero attached hydrogens (tertiary/aromatic N) is 2. The fourth-order valence-electron chi connectivity index (χ4n) is 2.77. The molecule has 0 amide bonds. The lowest BCUT2D eigenvalue weighted by Crippen LogP contribution is -2.17. The minimum Gasteiger partial charge on any atom is -0.299 e. The van der Waals surface area contributed by atoms with E-state index in [1.165, 1.54) is 30.5 Å². The molecule has 1 aliphatic rings. The summed E-state index contributed by atoms with van der Waals surface area (Å²) in [5.74, 6) is 0. The van der Waals surface area contributed by atoms with Crippen LogP contribution in [0.15, 0.2) is 42.7 Å². The molecule has 1 atom stereocenters. The van der Waals surface area contributed by atoms with E-state index in [2.05, 4.69) is 23.0 Å². The van der Waals surface area contributed by atoms with Crippen LogP contribution in [0.1, 0.15) is 24.4 Å². The summed E-state index contributed by atoms with van der Waals surface area (Å²) in [5, 5.41) is 0.767. The molecule has 1 saturated heterocycles. The van der Waals surface area contributed by atoms with Crippen LogP contribution in [0.5, 0.6) is 0 Å². The first kappa shape index (κ1) is 12.6. The Hall–Kier alpha value is -1.38. The van der Waals surface area contributed by atoms with Gasteiger partial charge in [0.2, 0.25) is 0 Å². The van der Waals surface area contributed by atoms with Crippen molar-refractivity contribution in [1.29, 1.82) is 0 Å². The Labute approximate surface area is 119 Å². The lowest BCUT2D eigenvalue weighted by Gasteiger charge is -2.19. The normalized spacial score (nSPS) is 19.8. The SMILES string of the molecule is CN1CCCC1c1cncc(-c2ccc(Cl)cc2)c1. The molecule has 0 N–H and O–H groups in total. The van der Waals surface area contributed by atoms with Gasteiger partial charge in [0.25, 0.3) is 0 Å². The molecule has 19 heavy (non-hydrogen) atoms. The molecule has 1 aromatic carbocycles. The zero-order valence-corrected chi connectivity index (χ0v) is 11.8. The second-order valence-corrected chi connectivity index (χ2v) is 5.59. The van der Waals surface area contributed by atoms with E-state index in [1.807, 2.05) is 36.7 Å². The molecule has 1 fully saturated rings. The van der Waals surface area contributed by atoms with Gasteiger partial charge in [-0.25, -0.2) is 0 Å². The number of halogens is 1. The van der Waals surface area contributed by atoms with E-state index in [9.17, 15) is 0 Å². The molecule has 2 heterocycles. The van der Waals surface area contributed by atoms with Crippen molar-refractivity contribution < 1.29 is 0 Å². The zero-order chi connectivity index (χ0) is 13.2. The van der Waals surface area contributed by atoms with Gasteiger partial charge >= 0.3 is 0 Å². The van der Waals surface area contributed by atoms with Crippen molar-refractivity contribution in [3.8, 4) is 11.1 Å². The molecule has 2 nitrogen and oxygen atoms in total. The van der Waals surface area contributed by atoms with Crippen LogP contribution in [0, 0.1) is 0 Å². The second-order valence-electron chi connectivity index (χ2n) is 5.15. The standard InChI is InChI=1S/C16H17ClN2/c1-19-8-2-3-16(19)14-9-13(10-18-11-14)12-4-6-15(17)7-5-12/h4-7,9-11,16H,2-3,8H2,1H3. The highest BCUT2D eigenvalue weighted by molar-refractivity contribution is 6.30. The van der Waals surface area contributed by atoms with E-state index in [0.717, 1.165) is 10.6 Å². The fraction of sp³-hybridized carbons (Fsp3) is 0.312. The Balaban J connectivity index is 1.93. The zero-order valence-electron chi connectivity index (χ0n) is 11.0. The molecule has 1 unspecified atom stereocenters. The molecule has 3 heteroatoms. The number of benzene rings is 1. The van der Waals surface area contributed by atoms with Crippen LogP contribution >= 0.6 is 11.6 Å². The molecule has 3 rings (SSSR count). The highest BCUT2D eigenvalue weighted by Crippen LogP contribution is 2.32. The van der Waals surface area contributed by atoms with Crippen molar-refractivity contribution in [3.63, 3.8) is 0 Å². The summed E-state index contributed by atoms with van der Waals surface area (Å²) < 4.78 is 0. The summed E-state index contributed by atoms with van der Waals surface area (Å²) in [6, 6.07) is 10.7. The highest BCUT2D eigenvalue weighted by Gasteiger charge is 2.22. The summed E-state index contributed by atoms with van der Waals surface area (Å²) >= 11 is 5.93. The monoisotopic (exact) mass is 272 g/mol. The Morgan fingerprint density at radius 2 is 1.95 bits per heavy atom. The van der Waals surface area contributed by atoms with E-state index >= 15 is 0 Å². The molecular formula is C16H17ClN2. The van der Waals surface area contributed by atoms with Gasteiger partial charge in [0.15, 0.2) is 0 Å². The molecule has 0 bridgehead atoms. The van der Waals surface area contributed by atoms with Crippen LogP contribution in [-0.4, -0.2) is 23.5 Å². The maximum atomic E-state index is 5.93. The van der Waals surface area contributed by atoms with Crippen LogP contribution in [0.25, 0.3) is 11.1 Å². The minimum atomic E-state index is 0.514. The smallest absolute Gasteiger partial charge is 0.0406 e. The summed E-state index contributed by atoms with van der Waals surface area (Å²) in [6.45, 7) is 1.18. The third-order valence-electron chi connectivity index (χ3n) is 3.84. The van der Waals surface area contributed by atoms with Crippen LogP contribution in [0.4, 0.5) is 0 Å². The predicted octanol–water partition coefficient (Wildman–Crippen LogP) is 4.17. The maximum Gasteiger partial charge on any atom is 0.0406 e. The molecule has 2 aromatic rings. The summed E-state index contributed by atoms with van der Waals surface area (Å²) in [7, 11) is 2.19. The minimum absolute atomic E-state index is 0.514. The van der Waals surface area contributed by atoms with Crippen molar-refractivity contribution in [1.82, 2.24) is 9.88 Å². The van der Waals surface area contributed by atoms with Gasteiger partial charge in [0.05, 0.1) is 0 Å². The highest BCUT2D eigenvalue weighted by atomic mass is 35.5. The average Bonchev–Trinajstić information content (AvgIpc) is 2.86.